The first-order chi connectivity index (χ1) is 4.89. The molecular formula is C11H23. The molecule has 0 rings (SSSR count). The molecule has 67 valence electrons. The second-order valence-corrected chi connectivity index (χ2v) is 4.63. The highest BCUT2D eigenvalue weighted by atomic mass is 14.3. The van der Waals surface area contributed by atoms with Gasteiger partial charge < -0.3 is 0 Å². The van der Waals surface area contributed by atoms with E-state index >= 15 is 0 Å². The molecule has 0 N–H and O–H groups in total. The van der Waals surface area contributed by atoms with Gasteiger partial charge in [0.2, 0.25) is 0 Å². The van der Waals surface area contributed by atoms with E-state index in [4.69, 9.17) is 0 Å². The van der Waals surface area contributed by atoms with Gasteiger partial charge in [-0.2, -0.15) is 0 Å². The van der Waals surface area contributed by atoms with E-state index in [1.807, 2.05) is 0 Å². The van der Waals surface area contributed by atoms with Gasteiger partial charge in [0, 0.05) is 0 Å². The zero-order chi connectivity index (χ0) is 9.07. The van der Waals surface area contributed by atoms with E-state index < -0.39 is 0 Å². The average Bonchev–Trinajstić information content (AvgIpc) is 1.79. The van der Waals surface area contributed by atoms with Crippen LogP contribution in [0.25, 0.3) is 0 Å². The molecule has 0 aliphatic rings. The number of rotatable bonds is 4. The standard InChI is InChI=1S/C11H23/c1-7-8-10(9(2)3)11(4,5)6/h9-10H,4,7-8H2,1-3,5-6H3. The monoisotopic (exact) mass is 155 g/mol. The van der Waals surface area contributed by atoms with Gasteiger partial charge >= 0.3 is 0 Å². The summed E-state index contributed by atoms with van der Waals surface area (Å²) < 4.78 is 0. The largest absolute Gasteiger partial charge is 0.0654 e. The van der Waals surface area contributed by atoms with E-state index in [2.05, 4.69) is 41.5 Å². The summed E-state index contributed by atoms with van der Waals surface area (Å²) >= 11 is 0. The normalized spacial score (nSPS) is 15.5. The van der Waals surface area contributed by atoms with Crippen LogP contribution in [0.2, 0.25) is 0 Å². The zero-order valence-electron chi connectivity index (χ0n) is 8.78. The van der Waals surface area contributed by atoms with Gasteiger partial charge in [0.25, 0.3) is 0 Å². The highest BCUT2D eigenvalue weighted by Gasteiger charge is 2.26. The van der Waals surface area contributed by atoms with Crippen LogP contribution in [-0.2, 0) is 0 Å². The predicted molar refractivity (Wildman–Crippen MR) is 52.4 cm³/mol. The molecule has 0 heterocycles. The molecule has 0 nitrogen and oxygen atoms in total. The number of hydrogen-bond donors (Lipinski definition) is 0. The highest BCUT2D eigenvalue weighted by molar-refractivity contribution is 4.81. The van der Waals surface area contributed by atoms with Crippen LogP contribution >= 0.6 is 0 Å². The SMILES string of the molecule is [CH2]C(C)(C)C(CCC)C(C)C. The van der Waals surface area contributed by atoms with E-state index in [1.165, 1.54) is 12.8 Å². The van der Waals surface area contributed by atoms with Crippen LogP contribution in [-0.4, -0.2) is 0 Å². The molecule has 0 aromatic carbocycles. The minimum Gasteiger partial charge on any atom is -0.0654 e. The first kappa shape index (κ1) is 11.0. The van der Waals surface area contributed by atoms with Crippen molar-refractivity contribution in [1.29, 1.82) is 0 Å². The fourth-order valence-corrected chi connectivity index (χ4v) is 1.94. The maximum atomic E-state index is 4.21. The summed E-state index contributed by atoms with van der Waals surface area (Å²) in [7, 11) is 0. The average molecular weight is 155 g/mol. The van der Waals surface area contributed by atoms with Crippen LogP contribution in [0.4, 0.5) is 0 Å². The summed E-state index contributed by atoms with van der Waals surface area (Å²) in [4.78, 5) is 0. The lowest BCUT2D eigenvalue weighted by Crippen LogP contribution is -2.25. The predicted octanol–water partition coefficient (Wildman–Crippen LogP) is 3.92. The molecule has 0 aliphatic carbocycles. The third-order valence-electron chi connectivity index (χ3n) is 2.41. The third-order valence-corrected chi connectivity index (χ3v) is 2.41. The minimum absolute atomic E-state index is 0.240. The van der Waals surface area contributed by atoms with Gasteiger partial charge in [0.1, 0.15) is 0 Å². The second-order valence-electron chi connectivity index (χ2n) is 4.63. The topological polar surface area (TPSA) is 0 Å². The lowest BCUT2D eigenvalue weighted by Gasteiger charge is -2.33. The Labute approximate surface area is 72.4 Å². The van der Waals surface area contributed by atoms with Crippen LogP contribution in [0.5, 0.6) is 0 Å². The van der Waals surface area contributed by atoms with Crippen molar-refractivity contribution in [3.63, 3.8) is 0 Å². The van der Waals surface area contributed by atoms with E-state index in [1.54, 1.807) is 0 Å². The van der Waals surface area contributed by atoms with E-state index in [0.29, 0.717) is 0 Å². The van der Waals surface area contributed by atoms with Gasteiger partial charge in [0.05, 0.1) is 0 Å². The smallest absolute Gasteiger partial charge is 0.0323 e. The summed E-state index contributed by atoms with van der Waals surface area (Å²) in [5.74, 6) is 1.54. The maximum absolute atomic E-state index is 4.21. The second kappa shape index (κ2) is 4.13. The molecule has 0 bridgehead atoms. The van der Waals surface area contributed by atoms with Crippen molar-refractivity contribution >= 4 is 0 Å². The zero-order valence-corrected chi connectivity index (χ0v) is 8.78. The quantitative estimate of drug-likeness (QED) is 0.577. The molecule has 11 heavy (non-hydrogen) atoms. The van der Waals surface area contributed by atoms with E-state index in [9.17, 15) is 0 Å². The molecule has 1 unspecified atom stereocenters. The van der Waals surface area contributed by atoms with Gasteiger partial charge in [0.15, 0.2) is 0 Å². The molecule has 0 spiro atoms. The van der Waals surface area contributed by atoms with Crippen LogP contribution in [0.3, 0.4) is 0 Å². The van der Waals surface area contributed by atoms with Crippen molar-refractivity contribution in [3.05, 3.63) is 6.92 Å². The summed E-state index contributed by atoms with van der Waals surface area (Å²) in [5, 5.41) is 0. The molecule has 0 saturated carbocycles. The van der Waals surface area contributed by atoms with Gasteiger partial charge in [-0.3, -0.25) is 0 Å². The first-order valence-corrected chi connectivity index (χ1v) is 4.75. The Morgan fingerprint density at radius 2 is 1.73 bits per heavy atom. The summed E-state index contributed by atoms with van der Waals surface area (Å²) in [6.07, 6.45) is 2.59. The lowest BCUT2D eigenvalue weighted by molar-refractivity contribution is 0.193. The van der Waals surface area contributed by atoms with Crippen LogP contribution in [0.15, 0.2) is 0 Å². The Balaban J connectivity index is 4.10. The molecule has 0 aliphatic heterocycles. The van der Waals surface area contributed by atoms with Gasteiger partial charge in [-0.25, -0.2) is 0 Å². The van der Waals surface area contributed by atoms with Crippen LogP contribution in [0, 0.1) is 24.2 Å². The summed E-state index contributed by atoms with van der Waals surface area (Å²) in [6.45, 7) is 15.5. The Hall–Kier alpha value is 0. The van der Waals surface area contributed by atoms with Crippen molar-refractivity contribution in [2.45, 2.75) is 47.5 Å². The molecular weight excluding hydrogens is 132 g/mol. The van der Waals surface area contributed by atoms with Crippen molar-refractivity contribution in [2.75, 3.05) is 0 Å². The van der Waals surface area contributed by atoms with Gasteiger partial charge in [-0.05, 0) is 30.6 Å². The van der Waals surface area contributed by atoms with E-state index in [-0.39, 0.29) is 5.41 Å². The fourth-order valence-electron chi connectivity index (χ4n) is 1.94. The molecule has 0 aromatic heterocycles. The van der Waals surface area contributed by atoms with Crippen molar-refractivity contribution in [1.82, 2.24) is 0 Å². The Bertz CT molecular complexity index is 95.1. The third kappa shape index (κ3) is 3.79. The van der Waals surface area contributed by atoms with Crippen molar-refractivity contribution in [3.8, 4) is 0 Å². The lowest BCUT2D eigenvalue weighted by atomic mass is 9.72. The Morgan fingerprint density at radius 3 is 1.82 bits per heavy atom. The van der Waals surface area contributed by atoms with Crippen LogP contribution in [0.1, 0.15) is 47.5 Å². The summed E-state index contributed by atoms with van der Waals surface area (Å²) in [5.41, 5.74) is 0.240. The van der Waals surface area contributed by atoms with Crippen molar-refractivity contribution < 1.29 is 0 Å². The molecule has 1 atom stereocenters. The minimum atomic E-state index is 0.240. The molecule has 0 heteroatoms. The first-order valence-electron chi connectivity index (χ1n) is 4.75. The molecule has 0 aromatic rings. The molecule has 0 amide bonds. The fraction of sp³-hybridized carbons (Fsp3) is 0.909. The molecule has 0 fully saturated rings. The Morgan fingerprint density at radius 1 is 1.27 bits per heavy atom. The van der Waals surface area contributed by atoms with Crippen LogP contribution < -0.4 is 0 Å². The van der Waals surface area contributed by atoms with Crippen molar-refractivity contribution in [2.24, 2.45) is 17.3 Å². The molecule has 0 saturated heterocycles. The van der Waals surface area contributed by atoms with Gasteiger partial charge in [-0.1, -0.05) is 41.0 Å². The summed E-state index contributed by atoms with van der Waals surface area (Å²) in [6, 6.07) is 0. The number of hydrogen-bond acceptors (Lipinski definition) is 0. The Kier molecular flexibility index (Phi) is 4.13. The van der Waals surface area contributed by atoms with E-state index in [0.717, 1.165) is 11.8 Å². The van der Waals surface area contributed by atoms with Gasteiger partial charge in [-0.15, -0.1) is 0 Å². The highest BCUT2D eigenvalue weighted by Crippen LogP contribution is 2.34. The maximum Gasteiger partial charge on any atom is -0.0323 e. The molecule has 1 radical (unpaired) electrons.